The van der Waals surface area contributed by atoms with E-state index >= 15 is 0 Å². The molecule has 4 nitrogen and oxygen atoms in total. The molecule has 12 aromatic rings. The first-order valence-electron chi connectivity index (χ1n) is 20.1. The molecule has 0 radical (unpaired) electrons. The quantitative estimate of drug-likeness (QED) is 0.180. The average molecular weight is 743 g/mol. The molecule has 4 heteroatoms. The van der Waals surface area contributed by atoms with Gasteiger partial charge < -0.3 is 18.0 Å². The molecule has 0 saturated carbocycles. The van der Waals surface area contributed by atoms with Crippen molar-refractivity contribution in [1.29, 1.82) is 0 Å². The van der Waals surface area contributed by atoms with Crippen LogP contribution in [0.4, 0.5) is 0 Å². The number of benzene rings is 8. The second-order valence-corrected chi connectivity index (χ2v) is 15.5. The Bertz CT molecular complexity index is 3700. The number of aryl methyl sites for hydroxylation is 1. The fourth-order valence-corrected chi connectivity index (χ4v) is 9.82. The molecular weight excluding hydrogens is 709 g/mol. The van der Waals surface area contributed by atoms with Crippen molar-refractivity contribution < 1.29 is 8.83 Å². The zero-order chi connectivity index (χ0) is 37.9. The highest BCUT2D eigenvalue weighted by Gasteiger charge is 2.21. The molecule has 272 valence electrons. The van der Waals surface area contributed by atoms with Crippen LogP contribution in [0.25, 0.3) is 116 Å². The number of allylic oxidation sites excluding steroid dienone is 1. The highest BCUT2D eigenvalue weighted by molar-refractivity contribution is 6.14. The lowest BCUT2D eigenvalue weighted by atomic mass is 10.00. The summed E-state index contributed by atoms with van der Waals surface area (Å²) in [4.78, 5) is 0. The topological polar surface area (TPSA) is 36.1 Å². The number of nitrogens with zero attached hydrogens (tertiary/aromatic N) is 2. The third-order valence-electron chi connectivity index (χ3n) is 12.4. The fourth-order valence-electron chi connectivity index (χ4n) is 9.82. The second-order valence-electron chi connectivity index (χ2n) is 15.5. The van der Waals surface area contributed by atoms with Gasteiger partial charge in [-0.05, 0) is 96.3 Å². The summed E-state index contributed by atoms with van der Waals surface area (Å²) in [6, 6.07) is 61.1. The Morgan fingerprint density at radius 2 is 1.02 bits per heavy atom. The Labute approximate surface area is 333 Å². The Morgan fingerprint density at radius 1 is 0.397 bits per heavy atom. The van der Waals surface area contributed by atoms with Crippen LogP contribution in [0.15, 0.2) is 185 Å². The van der Waals surface area contributed by atoms with E-state index in [0.717, 1.165) is 101 Å². The summed E-state index contributed by atoms with van der Waals surface area (Å²) in [6.45, 7) is 0. The minimum atomic E-state index is 0.889. The summed E-state index contributed by atoms with van der Waals surface area (Å²) < 4.78 is 18.0. The van der Waals surface area contributed by atoms with Gasteiger partial charge in [-0.15, -0.1) is 0 Å². The number of furan rings is 2. The van der Waals surface area contributed by atoms with Crippen LogP contribution in [0.1, 0.15) is 17.7 Å². The van der Waals surface area contributed by atoms with Gasteiger partial charge >= 0.3 is 0 Å². The molecule has 0 amide bonds. The van der Waals surface area contributed by atoms with Crippen molar-refractivity contribution in [3.8, 4) is 33.6 Å². The lowest BCUT2D eigenvalue weighted by Crippen LogP contribution is -2.00. The van der Waals surface area contributed by atoms with Crippen LogP contribution >= 0.6 is 0 Å². The van der Waals surface area contributed by atoms with Gasteiger partial charge in [0.15, 0.2) is 0 Å². The van der Waals surface area contributed by atoms with E-state index in [9.17, 15) is 0 Å². The van der Waals surface area contributed by atoms with Crippen molar-refractivity contribution in [1.82, 2.24) is 9.13 Å². The van der Waals surface area contributed by atoms with Crippen molar-refractivity contribution >= 4 is 82.7 Å². The molecule has 4 aromatic heterocycles. The maximum atomic E-state index is 6.75. The standard InChI is InChI=1S/C54H34N2O2/c1-5-22-47-39(14-1)40-15-2-6-23-48(40)56(47)36-27-29-52-46(32-36)44-21-11-18-37(54(44)58-52)33-12-9-13-35(30-33)55-49-24-7-3-16-41(49)45-31-34(26-28-50(45)55)38-19-10-20-43-42-17-4-8-25-51(42)57-53(38)43/h1,3-14,16-32H,2,15H2. The molecule has 0 fully saturated rings. The average Bonchev–Trinajstić information content (AvgIpc) is 4.04. The number of para-hydroxylation sites is 5. The van der Waals surface area contributed by atoms with E-state index in [4.69, 9.17) is 8.83 Å². The molecule has 0 N–H and O–H groups in total. The fraction of sp³-hybridized carbons (Fsp3) is 0.0370. The first kappa shape index (κ1) is 31.6. The van der Waals surface area contributed by atoms with Crippen molar-refractivity contribution in [3.05, 3.63) is 187 Å². The Morgan fingerprint density at radius 3 is 1.84 bits per heavy atom. The molecule has 4 heterocycles. The summed E-state index contributed by atoms with van der Waals surface area (Å²) in [6.07, 6.45) is 6.73. The van der Waals surface area contributed by atoms with Gasteiger partial charge in [0.1, 0.15) is 22.3 Å². The minimum absolute atomic E-state index is 0.889. The van der Waals surface area contributed by atoms with Gasteiger partial charge in [0.2, 0.25) is 0 Å². The van der Waals surface area contributed by atoms with Crippen molar-refractivity contribution in [2.24, 2.45) is 0 Å². The van der Waals surface area contributed by atoms with Gasteiger partial charge in [0.25, 0.3) is 0 Å². The number of fused-ring (bicyclic) bond motifs is 12. The van der Waals surface area contributed by atoms with Crippen LogP contribution in [-0.4, -0.2) is 9.13 Å². The lowest BCUT2D eigenvalue weighted by molar-refractivity contribution is 0.669. The third-order valence-corrected chi connectivity index (χ3v) is 12.4. The van der Waals surface area contributed by atoms with E-state index in [1.807, 2.05) is 12.1 Å². The van der Waals surface area contributed by atoms with Crippen LogP contribution in [-0.2, 0) is 6.42 Å². The molecule has 0 aliphatic heterocycles. The van der Waals surface area contributed by atoms with E-state index in [1.165, 1.54) is 32.9 Å². The van der Waals surface area contributed by atoms with Crippen LogP contribution in [0, 0.1) is 0 Å². The lowest BCUT2D eigenvalue weighted by Gasteiger charge is -2.12. The number of hydrogen-bond donors (Lipinski definition) is 0. The summed E-state index contributed by atoms with van der Waals surface area (Å²) >= 11 is 0. The molecule has 0 spiro atoms. The Kier molecular flexibility index (Phi) is 6.53. The monoisotopic (exact) mass is 742 g/mol. The van der Waals surface area contributed by atoms with Gasteiger partial charge in [-0.25, -0.2) is 0 Å². The van der Waals surface area contributed by atoms with Gasteiger partial charge in [-0.1, -0.05) is 115 Å². The van der Waals surface area contributed by atoms with Crippen LogP contribution in [0.5, 0.6) is 0 Å². The SMILES string of the molecule is C1=Cc2c(c3ccccc3n2-c2ccc3oc4c(-c5cccc(-n6c7ccccc7c7cc(-c8cccc9c8oc8ccccc89)ccc76)c5)cccc4c3c2)CC1. The van der Waals surface area contributed by atoms with Crippen LogP contribution < -0.4 is 0 Å². The third kappa shape index (κ3) is 4.45. The van der Waals surface area contributed by atoms with Gasteiger partial charge in [-0.2, -0.15) is 0 Å². The highest BCUT2D eigenvalue weighted by atomic mass is 16.3. The van der Waals surface area contributed by atoms with Crippen molar-refractivity contribution in [2.45, 2.75) is 12.8 Å². The molecule has 13 rings (SSSR count). The maximum Gasteiger partial charge on any atom is 0.143 e. The van der Waals surface area contributed by atoms with E-state index in [1.54, 1.807) is 0 Å². The molecule has 1 aliphatic carbocycles. The summed E-state index contributed by atoms with van der Waals surface area (Å²) in [5.41, 5.74) is 16.6. The molecule has 0 atom stereocenters. The normalized spacial score (nSPS) is 13.0. The Balaban J connectivity index is 0.947. The first-order chi connectivity index (χ1) is 28.8. The van der Waals surface area contributed by atoms with Gasteiger partial charge in [0.05, 0.1) is 16.6 Å². The summed E-state index contributed by atoms with van der Waals surface area (Å²) in [5, 5.41) is 8.26. The molecular formula is C54H34N2O2. The van der Waals surface area contributed by atoms with Crippen LogP contribution in [0.3, 0.4) is 0 Å². The first-order valence-corrected chi connectivity index (χ1v) is 20.1. The predicted molar refractivity (Wildman–Crippen MR) is 240 cm³/mol. The zero-order valence-electron chi connectivity index (χ0n) is 31.4. The van der Waals surface area contributed by atoms with E-state index < -0.39 is 0 Å². The molecule has 1 aliphatic rings. The predicted octanol–water partition coefficient (Wildman–Crippen LogP) is 14.8. The van der Waals surface area contributed by atoms with Crippen molar-refractivity contribution in [3.63, 3.8) is 0 Å². The molecule has 58 heavy (non-hydrogen) atoms. The largest absolute Gasteiger partial charge is 0.455 e. The minimum Gasteiger partial charge on any atom is -0.455 e. The molecule has 8 aromatic carbocycles. The van der Waals surface area contributed by atoms with E-state index in [2.05, 4.69) is 179 Å². The smallest absolute Gasteiger partial charge is 0.143 e. The Hall–Kier alpha value is -7.56. The van der Waals surface area contributed by atoms with Gasteiger partial charge in [0, 0.05) is 65.9 Å². The van der Waals surface area contributed by atoms with Crippen molar-refractivity contribution in [2.75, 3.05) is 0 Å². The zero-order valence-corrected chi connectivity index (χ0v) is 31.4. The number of hydrogen-bond acceptors (Lipinski definition) is 2. The number of aromatic nitrogens is 2. The second kappa shape index (κ2) is 12.0. The number of rotatable bonds is 4. The van der Waals surface area contributed by atoms with Crippen LogP contribution in [0.2, 0.25) is 0 Å². The van der Waals surface area contributed by atoms with E-state index in [-0.39, 0.29) is 0 Å². The molecule has 0 saturated heterocycles. The molecule has 0 unspecified atom stereocenters. The van der Waals surface area contributed by atoms with E-state index in [0.29, 0.717) is 0 Å². The summed E-state index contributed by atoms with van der Waals surface area (Å²) in [5.74, 6) is 0. The highest BCUT2D eigenvalue weighted by Crippen LogP contribution is 2.42. The summed E-state index contributed by atoms with van der Waals surface area (Å²) in [7, 11) is 0. The maximum absolute atomic E-state index is 6.75. The molecule has 0 bridgehead atoms. The van der Waals surface area contributed by atoms with Gasteiger partial charge in [-0.3, -0.25) is 0 Å².